The van der Waals surface area contributed by atoms with Gasteiger partial charge in [-0.25, -0.2) is 0 Å². The molecule has 0 aliphatic rings. The van der Waals surface area contributed by atoms with E-state index >= 15 is 0 Å². The fraction of sp³-hybridized carbons (Fsp3) is 0.500. The summed E-state index contributed by atoms with van der Waals surface area (Å²) in [7, 11) is 0. The zero-order valence-corrected chi connectivity index (χ0v) is 9.50. The van der Waals surface area contributed by atoms with Crippen molar-refractivity contribution in [1.82, 2.24) is 10.2 Å². The van der Waals surface area contributed by atoms with Crippen molar-refractivity contribution in [3.8, 4) is 0 Å². The molecule has 1 heterocycles. The van der Waals surface area contributed by atoms with Crippen LogP contribution in [0.4, 0.5) is 5.82 Å². The SMILES string of the molecule is Cc1cc(NC(=O)CC(C)(C)C(=O)O)n[nH]1. The number of nitrogens with one attached hydrogen (secondary N) is 2. The van der Waals surface area contributed by atoms with Crippen LogP contribution in [0.2, 0.25) is 0 Å². The molecule has 6 nitrogen and oxygen atoms in total. The quantitative estimate of drug-likeness (QED) is 0.716. The maximum atomic E-state index is 11.5. The van der Waals surface area contributed by atoms with E-state index in [1.807, 2.05) is 6.92 Å². The summed E-state index contributed by atoms with van der Waals surface area (Å²) in [6.45, 7) is 4.82. The average Bonchev–Trinajstić information content (AvgIpc) is 2.49. The fourth-order valence-electron chi connectivity index (χ4n) is 1.15. The van der Waals surface area contributed by atoms with Gasteiger partial charge in [0.15, 0.2) is 5.82 Å². The first kappa shape index (κ1) is 12.2. The topological polar surface area (TPSA) is 95.1 Å². The van der Waals surface area contributed by atoms with Gasteiger partial charge in [0.2, 0.25) is 5.91 Å². The monoisotopic (exact) mass is 225 g/mol. The van der Waals surface area contributed by atoms with Gasteiger partial charge in [0.1, 0.15) is 0 Å². The number of aromatic amines is 1. The Hall–Kier alpha value is -1.85. The third-order valence-electron chi connectivity index (χ3n) is 2.15. The summed E-state index contributed by atoms with van der Waals surface area (Å²) in [5.41, 5.74) is -0.247. The van der Waals surface area contributed by atoms with E-state index in [-0.39, 0.29) is 12.3 Å². The van der Waals surface area contributed by atoms with Crippen LogP contribution in [-0.2, 0) is 9.59 Å². The molecule has 1 aromatic rings. The van der Waals surface area contributed by atoms with E-state index in [0.29, 0.717) is 5.82 Å². The number of carbonyl (C=O) groups is 2. The van der Waals surface area contributed by atoms with Gasteiger partial charge in [-0.1, -0.05) is 0 Å². The standard InChI is InChI=1S/C10H15N3O3/c1-6-4-7(13-12-6)11-8(14)5-10(2,3)9(15)16/h4H,5H2,1-3H3,(H,15,16)(H2,11,12,13,14). The number of carboxylic acid groups (broad SMARTS) is 1. The first-order chi connectivity index (χ1) is 7.31. The lowest BCUT2D eigenvalue weighted by molar-refractivity contribution is -0.148. The normalized spacial score (nSPS) is 11.2. The van der Waals surface area contributed by atoms with Gasteiger partial charge in [-0.2, -0.15) is 5.10 Å². The first-order valence-electron chi connectivity index (χ1n) is 4.86. The molecule has 6 heteroatoms. The van der Waals surface area contributed by atoms with Gasteiger partial charge >= 0.3 is 5.97 Å². The number of aryl methyl sites for hydroxylation is 1. The number of hydrogen-bond acceptors (Lipinski definition) is 3. The third-order valence-corrected chi connectivity index (χ3v) is 2.15. The second kappa shape index (κ2) is 4.34. The number of nitrogens with zero attached hydrogens (tertiary/aromatic N) is 1. The molecule has 0 radical (unpaired) electrons. The Morgan fingerprint density at radius 2 is 2.19 bits per heavy atom. The number of rotatable bonds is 4. The van der Waals surface area contributed by atoms with Crippen molar-refractivity contribution in [2.75, 3.05) is 5.32 Å². The number of aliphatic carboxylic acids is 1. The van der Waals surface area contributed by atoms with Crippen LogP contribution in [0.5, 0.6) is 0 Å². The van der Waals surface area contributed by atoms with E-state index < -0.39 is 11.4 Å². The molecule has 0 unspecified atom stereocenters. The lowest BCUT2D eigenvalue weighted by Gasteiger charge is -2.17. The second-order valence-corrected chi connectivity index (χ2v) is 4.35. The molecule has 1 amide bonds. The summed E-state index contributed by atoms with van der Waals surface area (Å²) in [6.07, 6.45) is -0.0890. The maximum Gasteiger partial charge on any atom is 0.309 e. The highest BCUT2D eigenvalue weighted by Gasteiger charge is 2.30. The highest BCUT2D eigenvalue weighted by molar-refractivity contribution is 5.93. The molecule has 0 aliphatic heterocycles. The number of carbonyl (C=O) groups excluding carboxylic acids is 1. The highest BCUT2D eigenvalue weighted by atomic mass is 16.4. The zero-order valence-electron chi connectivity index (χ0n) is 9.50. The van der Waals surface area contributed by atoms with Crippen molar-refractivity contribution in [2.45, 2.75) is 27.2 Å². The number of amides is 1. The van der Waals surface area contributed by atoms with E-state index in [1.165, 1.54) is 13.8 Å². The molecule has 0 saturated carbocycles. The van der Waals surface area contributed by atoms with Crippen molar-refractivity contribution in [3.63, 3.8) is 0 Å². The molecule has 0 atom stereocenters. The predicted octanol–water partition coefficient (Wildman–Crippen LogP) is 1.16. The molecule has 16 heavy (non-hydrogen) atoms. The van der Waals surface area contributed by atoms with E-state index in [1.54, 1.807) is 6.07 Å². The number of H-pyrrole nitrogens is 1. The lowest BCUT2D eigenvalue weighted by atomic mass is 9.89. The summed E-state index contributed by atoms with van der Waals surface area (Å²) in [5, 5.41) is 17.9. The first-order valence-corrected chi connectivity index (χ1v) is 4.86. The zero-order chi connectivity index (χ0) is 12.3. The smallest absolute Gasteiger partial charge is 0.309 e. The van der Waals surface area contributed by atoms with E-state index in [2.05, 4.69) is 15.5 Å². The van der Waals surface area contributed by atoms with Crippen LogP contribution >= 0.6 is 0 Å². The van der Waals surface area contributed by atoms with Crippen LogP contribution in [0.3, 0.4) is 0 Å². The van der Waals surface area contributed by atoms with Crippen molar-refractivity contribution in [1.29, 1.82) is 0 Å². The molecular formula is C10H15N3O3. The molecule has 0 saturated heterocycles. The minimum Gasteiger partial charge on any atom is -0.481 e. The summed E-state index contributed by atoms with van der Waals surface area (Å²) in [4.78, 5) is 22.3. The Morgan fingerprint density at radius 3 is 2.62 bits per heavy atom. The molecule has 0 spiro atoms. The van der Waals surface area contributed by atoms with Crippen LogP contribution in [0.15, 0.2) is 6.07 Å². The van der Waals surface area contributed by atoms with Crippen molar-refractivity contribution in [3.05, 3.63) is 11.8 Å². The van der Waals surface area contributed by atoms with E-state index in [0.717, 1.165) is 5.69 Å². The molecule has 0 bridgehead atoms. The van der Waals surface area contributed by atoms with Gasteiger partial charge in [-0.3, -0.25) is 14.7 Å². The molecule has 1 rings (SSSR count). The van der Waals surface area contributed by atoms with Crippen LogP contribution in [0.1, 0.15) is 26.0 Å². The Kier molecular flexibility index (Phi) is 3.31. The third kappa shape index (κ3) is 3.08. The molecular weight excluding hydrogens is 210 g/mol. The highest BCUT2D eigenvalue weighted by Crippen LogP contribution is 2.21. The summed E-state index contributed by atoms with van der Waals surface area (Å²) >= 11 is 0. The number of carboxylic acids is 1. The van der Waals surface area contributed by atoms with Gasteiger partial charge < -0.3 is 10.4 Å². The minimum absolute atomic E-state index is 0.0890. The molecule has 1 aromatic heterocycles. The van der Waals surface area contributed by atoms with E-state index in [9.17, 15) is 9.59 Å². The number of hydrogen-bond donors (Lipinski definition) is 3. The van der Waals surface area contributed by atoms with Gasteiger partial charge in [0, 0.05) is 18.2 Å². The predicted molar refractivity (Wildman–Crippen MR) is 58.0 cm³/mol. The van der Waals surface area contributed by atoms with Crippen LogP contribution in [0.25, 0.3) is 0 Å². The van der Waals surface area contributed by atoms with Crippen LogP contribution in [0, 0.1) is 12.3 Å². The minimum atomic E-state index is -1.07. The molecule has 0 aromatic carbocycles. The molecule has 0 fully saturated rings. The van der Waals surface area contributed by atoms with E-state index in [4.69, 9.17) is 5.11 Å². The Morgan fingerprint density at radius 1 is 1.56 bits per heavy atom. The summed E-state index contributed by atoms with van der Waals surface area (Å²) in [5.74, 6) is -0.955. The van der Waals surface area contributed by atoms with Crippen molar-refractivity contribution in [2.24, 2.45) is 5.41 Å². The Labute approximate surface area is 93.1 Å². The average molecular weight is 225 g/mol. The molecule has 3 N–H and O–H groups in total. The lowest BCUT2D eigenvalue weighted by Crippen LogP contribution is -2.29. The fourth-order valence-corrected chi connectivity index (χ4v) is 1.15. The second-order valence-electron chi connectivity index (χ2n) is 4.35. The largest absolute Gasteiger partial charge is 0.481 e. The number of anilines is 1. The van der Waals surface area contributed by atoms with Crippen molar-refractivity contribution >= 4 is 17.7 Å². The number of aromatic nitrogens is 2. The summed E-state index contributed by atoms with van der Waals surface area (Å²) < 4.78 is 0. The van der Waals surface area contributed by atoms with Gasteiger partial charge in [-0.15, -0.1) is 0 Å². The maximum absolute atomic E-state index is 11.5. The Balaban J connectivity index is 2.58. The molecule has 0 aliphatic carbocycles. The van der Waals surface area contributed by atoms with Crippen LogP contribution in [-0.4, -0.2) is 27.2 Å². The van der Waals surface area contributed by atoms with Gasteiger partial charge in [0.05, 0.1) is 5.41 Å². The van der Waals surface area contributed by atoms with Gasteiger partial charge in [-0.05, 0) is 20.8 Å². The Bertz CT molecular complexity index is 409. The van der Waals surface area contributed by atoms with Crippen LogP contribution < -0.4 is 5.32 Å². The summed E-state index contributed by atoms with van der Waals surface area (Å²) in [6, 6.07) is 1.67. The molecule has 88 valence electrons. The van der Waals surface area contributed by atoms with Gasteiger partial charge in [0.25, 0.3) is 0 Å². The van der Waals surface area contributed by atoms with Crippen molar-refractivity contribution < 1.29 is 14.7 Å².